The Labute approximate surface area is 129 Å². The molecule has 1 heterocycles. The van der Waals surface area contributed by atoms with Gasteiger partial charge in [-0.15, -0.1) is 0 Å². The molecule has 4 heteroatoms. The SMILES string of the molecule is Oc1ccc(F)cc1C(Oc1ccccc1)C1CCCNC1. The molecule has 22 heavy (non-hydrogen) atoms. The van der Waals surface area contributed by atoms with Crippen molar-refractivity contribution < 1.29 is 14.2 Å². The first-order valence-electron chi connectivity index (χ1n) is 7.65. The first kappa shape index (κ1) is 14.9. The quantitative estimate of drug-likeness (QED) is 0.905. The second kappa shape index (κ2) is 6.79. The van der Waals surface area contributed by atoms with Crippen molar-refractivity contribution in [3.8, 4) is 11.5 Å². The summed E-state index contributed by atoms with van der Waals surface area (Å²) in [4.78, 5) is 0. The highest BCUT2D eigenvalue weighted by atomic mass is 19.1. The summed E-state index contributed by atoms with van der Waals surface area (Å²) in [5.74, 6) is 0.634. The number of phenolic OH excluding ortho intramolecular Hbond substituents is 1. The molecule has 0 spiro atoms. The van der Waals surface area contributed by atoms with E-state index >= 15 is 0 Å². The monoisotopic (exact) mass is 301 g/mol. The number of phenols is 1. The van der Waals surface area contributed by atoms with Crippen LogP contribution in [0.1, 0.15) is 24.5 Å². The number of rotatable bonds is 4. The van der Waals surface area contributed by atoms with Gasteiger partial charge < -0.3 is 15.2 Å². The van der Waals surface area contributed by atoms with Crippen molar-refractivity contribution >= 4 is 0 Å². The van der Waals surface area contributed by atoms with Crippen LogP contribution in [-0.2, 0) is 0 Å². The van der Waals surface area contributed by atoms with Gasteiger partial charge in [-0.05, 0) is 49.7 Å². The van der Waals surface area contributed by atoms with Crippen LogP contribution in [0, 0.1) is 11.7 Å². The Bertz CT molecular complexity index is 612. The molecule has 0 aliphatic carbocycles. The Morgan fingerprint density at radius 1 is 1.18 bits per heavy atom. The molecule has 2 N–H and O–H groups in total. The molecular weight excluding hydrogens is 281 g/mol. The second-order valence-corrected chi connectivity index (χ2v) is 5.66. The van der Waals surface area contributed by atoms with Crippen molar-refractivity contribution in [1.82, 2.24) is 5.32 Å². The molecule has 0 radical (unpaired) electrons. The van der Waals surface area contributed by atoms with Crippen LogP contribution in [0.15, 0.2) is 48.5 Å². The minimum absolute atomic E-state index is 0.0768. The number of benzene rings is 2. The number of hydrogen-bond acceptors (Lipinski definition) is 3. The molecule has 0 aromatic heterocycles. The third-order valence-corrected chi connectivity index (χ3v) is 4.07. The highest BCUT2D eigenvalue weighted by Gasteiger charge is 2.29. The third-order valence-electron chi connectivity index (χ3n) is 4.07. The highest BCUT2D eigenvalue weighted by molar-refractivity contribution is 5.36. The lowest BCUT2D eigenvalue weighted by molar-refractivity contribution is 0.113. The molecule has 0 saturated carbocycles. The molecule has 1 aliphatic heterocycles. The zero-order chi connectivity index (χ0) is 15.4. The maximum absolute atomic E-state index is 13.6. The van der Waals surface area contributed by atoms with Crippen molar-refractivity contribution in [2.24, 2.45) is 5.92 Å². The van der Waals surface area contributed by atoms with Crippen LogP contribution >= 0.6 is 0 Å². The fourth-order valence-corrected chi connectivity index (χ4v) is 2.95. The minimum atomic E-state index is -0.370. The highest BCUT2D eigenvalue weighted by Crippen LogP contribution is 2.36. The number of nitrogens with one attached hydrogen (secondary N) is 1. The summed E-state index contributed by atoms with van der Waals surface area (Å²) >= 11 is 0. The second-order valence-electron chi connectivity index (χ2n) is 5.66. The van der Waals surface area contributed by atoms with Gasteiger partial charge in [0, 0.05) is 18.0 Å². The topological polar surface area (TPSA) is 41.5 Å². The van der Waals surface area contributed by atoms with Gasteiger partial charge in [0.2, 0.25) is 0 Å². The van der Waals surface area contributed by atoms with Gasteiger partial charge in [-0.3, -0.25) is 0 Å². The summed E-state index contributed by atoms with van der Waals surface area (Å²) < 4.78 is 19.7. The minimum Gasteiger partial charge on any atom is -0.508 e. The molecule has 1 fully saturated rings. The zero-order valence-corrected chi connectivity index (χ0v) is 12.3. The Hall–Kier alpha value is -2.07. The lowest BCUT2D eigenvalue weighted by atomic mass is 9.88. The standard InChI is InChI=1S/C18H20FNO2/c19-14-8-9-17(21)16(11-14)18(13-5-4-10-20-12-13)22-15-6-2-1-3-7-15/h1-3,6-9,11,13,18,20-21H,4-5,10,12H2. The molecule has 0 bridgehead atoms. The van der Waals surface area contributed by atoms with Crippen molar-refractivity contribution in [2.45, 2.75) is 18.9 Å². The van der Waals surface area contributed by atoms with E-state index in [2.05, 4.69) is 5.32 Å². The van der Waals surface area contributed by atoms with Gasteiger partial charge >= 0.3 is 0 Å². The van der Waals surface area contributed by atoms with Gasteiger partial charge in [0.05, 0.1) is 0 Å². The van der Waals surface area contributed by atoms with E-state index in [0.29, 0.717) is 5.56 Å². The Morgan fingerprint density at radius 2 is 2.00 bits per heavy atom. The van der Waals surface area contributed by atoms with E-state index in [1.165, 1.54) is 18.2 Å². The van der Waals surface area contributed by atoms with Gasteiger partial charge in [0.25, 0.3) is 0 Å². The summed E-state index contributed by atoms with van der Waals surface area (Å²) in [7, 11) is 0. The van der Waals surface area contributed by atoms with E-state index in [1.807, 2.05) is 30.3 Å². The number of ether oxygens (including phenoxy) is 1. The zero-order valence-electron chi connectivity index (χ0n) is 12.3. The van der Waals surface area contributed by atoms with Crippen LogP contribution in [0.5, 0.6) is 11.5 Å². The van der Waals surface area contributed by atoms with E-state index in [4.69, 9.17) is 4.74 Å². The van der Waals surface area contributed by atoms with Crippen LogP contribution in [0.3, 0.4) is 0 Å². The fourth-order valence-electron chi connectivity index (χ4n) is 2.95. The predicted octanol–water partition coefficient (Wildman–Crippen LogP) is 3.65. The molecular formula is C18H20FNO2. The first-order valence-corrected chi connectivity index (χ1v) is 7.65. The largest absolute Gasteiger partial charge is 0.508 e. The maximum atomic E-state index is 13.6. The van der Waals surface area contributed by atoms with E-state index in [9.17, 15) is 9.50 Å². The predicted molar refractivity (Wildman–Crippen MR) is 83.5 cm³/mol. The number of para-hydroxylation sites is 1. The van der Waals surface area contributed by atoms with E-state index in [0.717, 1.165) is 31.7 Å². The number of piperidine rings is 1. The van der Waals surface area contributed by atoms with Crippen LogP contribution < -0.4 is 10.1 Å². The van der Waals surface area contributed by atoms with Crippen LogP contribution in [0.4, 0.5) is 4.39 Å². The molecule has 2 unspecified atom stereocenters. The van der Waals surface area contributed by atoms with Gasteiger partial charge in [0.15, 0.2) is 0 Å². The third kappa shape index (κ3) is 3.39. The maximum Gasteiger partial charge on any atom is 0.131 e. The van der Waals surface area contributed by atoms with Crippen LogP contribution in [0.2, 0.25) is 0 Å². The molecule has 0 amide bonds. The summed E-state index contributed by atoms with van der Waals surface area (Å²) in [5, 5.41) is 13.5. The van der Waals surface area contributed by atoms with Gasteiger partial charge in [0.1, 0.15) is 23.4 Å². The summed E-state index contributed by atoms with van der Waals surface area (Å²) in [5.41, 5.74) is 0.512. The molecule has 2 atom stereocenters. The average molecular weight is 301 g/mol. The number of hydrogen-bond donors (Lipinski definition) is 2. The fraction of sp³-hybridized carbons (Fsp3) is 0.333. The van der Waals surface area contributed by atoms with Gasteiger partial charge in [-0.2, -0.15) is 0 Å². The first-order chi connectivity index (χ1) is 10.7. The van der Waals surface area contributed by atoms with Crippen LogP contribution in [0.25, 0.3) is 0 Å². The lowest BCUT2D eigenvalue weighted by Gasteiger charge is -2.31. The van der Waals surface area contributed by atoms with Crippen molar-refractivity contribution in [2.75, 3.05) is 13.1 Å². The lowest BCUT2D eigenvalue weighted by Crippen LogP contribution is -2.35. The Kier molecular flexibility index (Phi) is 4.59. The Morgan fingerprint density at radius 3 is 2.73 bits per heavy atom. The molecule has 1 saturated heterocycles. The average Bonchev–Trinajstić information content (AvgIpc) is 2.57. The van der Waals surface area contributed by atoms with Crippen molar-refractivity contribution in [3.63, 3.8) is 0 Å². The molecule has 1 aliphatic rings. The molecule has 2 aromatic carbocycles. The molecule has 2 aromatic rings. The molecule has 3 rings (SSSR count). The molecule has 3 nitrogen and oxygen atoms in total. The number of halogens is 1. The van der Waals surface area contributed by atoms with E-state index in [-0.39, 0.29) is 23.6 Å². The summed E-state index contributed by atoms with van der Waals surface area (Å²) in [6, 6.07) is 13.5. The van der Waals surface area contributed by atoms with E-state index in [1.54, 1.807) is 0 Å². The molecule has 116 valence electrons. The van der Waals surface area contributed by atoms with Crippen molar-refractivity contribution in [1.29, 1.82) is 0 Å². The number of aromatic hydroxyl groups is 1. The smallest absolute Gasteiger partial charge is 0.131 e. The van der Waals surface area contributed by atoms with Crippen LogP contribution in [-0.4, -0.2) is 18.2 Å². The summed E-state index contributed by atoms with van der Waals surface area (Å²) in [6.07, 6.45) is 1.67. The summed E-state index contributed by atoms with van der Waals surface area (Å²) in [6.45, 7) is 1.79. The normalized spacial score (nSPS) is 19.6. The Balaban J connectivity index is 1.92. The van der Waals surface area contributed by atoms with Crippen molar-refractivity contribution in [3.05, 3.63) is 59.9 Å². The van der Waals surface area contributed by atoms with E-state index < -0.39 is 0 Å². The van der Waals surface area contributed by atoms with Gasteiger partial charge in [-0.25, -0.2) is 4.39 Å². The van der Waals surface area contributed by atoms with Gasteiger partial charge in [-0.1, -0.05) is 18.2 Å².